The highest BCUT2D eigenvalue weighted by Gasteiger charge is 2.30. The fraction of sp³-hybridized carbons (Fsp3) is 0.667. The van der Waals surface area contributed by atoms with Gasteiger partial charge in [-0.2, -0.15) is 0 Å². The van der Waals surface area contributed by atoms with E-state index in [9.17, 15) is 0 Å². The summed E-state index contributed by atoms with van der Waals surface area (Å²) >= 11 is 0. The van der Waals surface area contributed by atoms with Crippen LogP contribution in [0, 0.1) is 0 Å². The molecule has 0 amide bonds. The molecule has 7 heteroatoms. The first-order valence-corrected chi connectivity index (χ1v) is 10.8. The van der Waals surface area contributed by atoms with Gasteiger partial charge in [-0.25, -0.2) is 4.68 Å². The van der Waals surface area contributed by atoms with E-state index in [0.717, 1.165) is 64.4 Å². The molecule has 2 aliphatic heterocycles. The van der Waals surface area contributed by atoms with Gasteiger partial charge >= 0.3 is 0 Å². The third-order valence-electron chi connectivity index (χ3n) is 5.97. The van der Waals surface area contributed by atoms with Crippen molar-refractivity contribution in [1.82, 2.24) is 25.1 Å². The number of hydrogen-bond acceptors (Lipinski definition) is 6. The minimum atomic E-state index is 0.254. The fourth-order valence-electron chi connectivity index (χ4n) is 4.36. The molecular formula is C21H32N6O. The second kappa shape index (κ2) is 9.47. The Hall–Kier alpha value is -1.99. The minimum absolute atomic E-state index is 0.254. The molecule has 0 saturated carbocycles. The number of tetrazole rings is 1. The number of anilines is 1. The largest absolute Gasteiger partial charge is 0.376 e. The molecule has 3 heterocycles. The summed E-state index contributed by atoms with van der Waals surface area (Å²) in [6.07, 6.45) is 5.99. The number of nitrogens with zero attached hydrogens (tertiary/aromatic N) is 6. The van der Waals surface area contributed by atoms with E-state index in [1.54, 1.807) is 0 Å². The Labute approximate surface area is 167 Å². The molecule has 2 aliphatic rings. The van der Waals surface area contributed by atoms with E-state index < -0.39 is 0 Å². The molecule has 7 nitrogen and oxygen atoms in total. The molecule has 1 aromatic carbocycles. The quantitative estimate of drug-likeness (QED) is 0.697. The second-order valence-corrected chi connectivity index (χ2v) is 7.87. The lowest BCUT2D eigenvalue weighted by Gasteiger charge is -2.39. The molecule has 0 unspecified atom stereocenters. The average Bonchev–Trinajstić information content (AvgIpc) is 3.42. The summed E-state index contributed by atoms with van der Waals surface area (Å²) in [6.45, 7) is 8.05. The minimum Gasteiger partial charge on any atom is -0.376 e. The van der Waals surface area contributed by atoms with Crippen LogP contribution in [0.25, 0.3) is 0 Å². The lowest BCUT2D eigenvalue weighted by molar-refractivity contribution is 0.0890. The summed E-state index contributed by atoms with van der Waals surface area (Å²) in [6, 6.07) is 11.0. The highest BCUT2D eigenvalue weighted by Crippen LogP contribution is 2.28. The van der Waals surface area contributed by atoms with Gasteiger partial charge in [0.25, 0.3) is 0 Å². The van der Waals surface area contributed by atoms with Crippen LogP contribution in [0.4, 0.5) is 5.69 Å². The van der Waals surface area contributed by atoms with E-state index in [2.05, 4.69) is 62.6 Å². The first-order chi connectivity index (χ1) is 13.8. The Morgan fingerprint density at radius 3 is 2.68 bits per heavy atom. The zero-order valence-electron chi connectivity index (χ0n) is 16.9. The Morgan fingerprint density at radius 2 is 1.96 bits per heavy atom. The molecule has 1 aromatic heterocycles. The van der Waals surface area contributed by atoms with E-state index in [0.29, 0.717) is 0 Å². The summed E-state index contributed by atoms with van der Waals surface area (Å²) in [5, 5.41) is 12.8. The van der Waals surface area contributed by atoms with Crippen LogP contribution in [0.15, 0.2) is 30.3 Å². The zero-order chi connectivity index (χ0) is 19.2. The van der Waals surface area contributed by atoms with E-state index in [4.69, 9.17) is 4.74 Å². The van der Waals surface area contributed by atoms with Crippen LogP contribution in [-0.4, -0.2) is 64.0 Å². The molecule has 2 aromatic rings. The predicted molar refractivity (Wildman–Crippen MR) is 109 cm³/mol. The van der Waals surface area contributed by atoms with Crippen molar-refractivity contribution in [2.75, 3.05) is 37.7 Å². The number of ether oxygens (including phenoxy) is 1. The number of benzene rings is 1. The van der Waals surface area contributed by atoms with Crippen LogP contribution in [0.5, 0.6) is 0 Å². The number of aromatic nitrogens is 4. The van der Waals surface area contributed by atoms with Crippen LogP contribution in [0.2, 0.25) is 0 Å². The van der Waals surface area contributed by atoms with Crippen molar-refractivity contribution in [3.63, 3.8) is 0 Å². The Morgan fingerprint density at radius 1 is 1.14 bits per heavy atom. The second-order valence-electron chi connectivity index (χ2n) is 7.87. The van der Waals surface area contributed by atoms with Crippen LogP contribution in [0.1, 0.15) is 50.9 Å². The number of para-hydroxylation sites is 1. The molecule has 2 fully saturated rings. The normalized spacial score (nSPS) is 21.9. The maximum absolute atomic E-state index is 5.81. The van der Waals surface area contributed by atoms with Crippen molar-refractivity contribution in [1.29, 1.82) is 0 Å². The number of piperazine rings is 1. The lowest BCUT2D eigenvalue weighted by atomic mass is 10.1. The van der Waals surface area contributed by atoms with Crippen molar-refractivity contribution in [2.24, 2.45) is 0 Å². The maximum Gasteiger partial charge on any atom is 0.168 e. The number of rotatable bonds is 8. The Kier molecular flexibility index (Phi) is 6.54. The van der Waals surface area contributed by atoms with Crippen molar-refractivity contribution >= 4 is 5.69 Å². The third kappa shape index (κ3) is 4.52. The standard InChI is InChI=1S/C21H32N6O/c1-2-3-11-20(21-22-23-24-27(21)17-19-10-7-16-28-19)26-14-12-25(13-15-26)18-8-5-4-6-9-18/h4-6,8-9,19-20H,2-3,7,10-17H2,1H3/t19-,20-/m0/s1. The fourth-order valence-corrected chi connectivity index (χ4v) is 4.36. The van der Waals surface area contributed by atoms with Gasteiger partial charge in [0.1, 0.15) is 0 Å². The van der Waals surface area contributed by atoms with Crippen molar-refractivity contribution in [3.05, 3.63) is 36.2 Å². The highest BCUT2D eigenvalue weighted by atomic mass is 16.5. The Bertz CT molecular complexity index is 707. The van der Waals surface area contributed by atoms with Crippen LogP contribution < -0.4 is 4.90 Å². The van der Waals surface area contributed by atoms with Gasteiger partial charge in [-0.15, -0.1) is 5.10 Å². The maximum atomic E-state index is 5.81. The average molecular weight is 385 g/mol. The molecule has 0 N–H and O–H groups in total. The number of hydrogen-bond donors (Lipinski definition) is 0. The third-order valence-corrected chi connectivity index (χ3v) is 5.97. The van der Waals surface area contributed by atoms with Crippen LogP contribution >= 0.6 is 0 Å². The van der Waals surface area contributed by atoms with Crippen LogP contribution in [0.3, 0.4) is 0 Å². The summed E-state index contributed by atoms with van der Waals surface area (Å²) in [4.78, 5) is 5.05. The molecule has 0 bridgehead atoms. The van der Waals surface area contributed by atoms with Gasteiger partial charge < -0.3 is 9.64 Å². The smallest absolute Gasteiger partial charge is 0.168 e. The van der Waals surface area contributed by atoms with Gasteiger partial charge in [-0.1, -0.05) is 38.0 Å². The van der Waals surface area contributed by atoms with E-state index in [1.807, 2.05) is 4.68 Å². The molecule has 0 spiro atoms. The Balaban J connectivity index is 1.44. The molecule has 0 radical (unpaired) electrons. The zero-order valence-corrected chi connectivity index (χ0v) is 16.9. The van der Waals surface area contributed by atoms with Crippen molar-refractivity contribution < 1.29 is 4.74 Å². The van der Waals surface area contributed by atoms with Crippen molar-refractivity contribution in [2.45, 2.75) is 57.7 Å². The monoisotopic (exact) mass is 384 g/mol. The van der Waals surface area contributed by atoms with Gasteiger partial charge in [0.15, 0.2) is 5.82 Å². The summed E-state index contributed by atoms with van der Waals surface area (Å²) < 4.78 is 7.81. The predicted octanol–water partition coefficient (Wildman–Crippen LogP) is 2.91. The van der Waals surface area contributed by atoms with E-state index in [-0.39, 0.29) is 12.1 Å². The molecule has 4 rings (SSSR count). The molecule has 28 heavy (non-hydrogen) atoms. The molecule has 152 valence electrons. The van der Waals surface area contributed by atoms with Gasteiger partial charge in [-0.3, -0.25) is 4.90 Å². The summed E-state index contributed by atoms with van der Waals surface area (Å²) in [5.74, 6) is 1.01. The van der Waals surface area contributed by atoms with Gasteiger partial charge in [0.05, 0.1) is 18.7 Å². The van der Waals surface area contributed by atoms with Crippen LogP contribution in [-0.2, 0) is 11.3 Å². The summed E-state index contributed by atoms with van der Waals surface area (Å²) in [7, 11) is 0. The topological polar surface area (TPSA) is 59.3 Å². The van der Waals surface area contributed by atoms with E-state index >= 15 is 0 Å². The van der Waals surface area contributed by atoms with Gasteiger partial charge in [0.2, 0.25) is 0 Å². The van der Waals surface area contributed by atoms with Gasteiger partial charge in [-0.05, 0) is 41.8 Å². The van der Waals surface area contributed by atoms with Crippen molar-refractivity contribution in [3.8, 4) is 0 Å². The highest BCUT2D eigenvalue weighted by molar-refractivity contribution is 5.46. The molecule has 2 saturated heterocycles. The lowest BCUT2D eigenvalue weighted by Crippen LogP contribution is -2.48. The summed E-state index contributed by atoms with van der Waals surface area (Å²) in [5.41, 5.74) is 1.32. The number of unbranched alkanes of at least 4 members (excludes halogenated alkanes) is 1. The first-order valence-electron chi connectivity index (χ1n) is 10.8. The molecular weight excluding hydrogens is 352 g/mol. The molecule has 0 aliphatic carbocycles. The SMILES string of the molecule is CCCC[C@@H](c1nnnn1C[C@@H]1CCCO1)N1CCN(c2ccccc2)CC1. The van der Waals surface area contributed by atoms with E-state index in [1.165, 1.54) is 18.5 Å². The molecule has 2 atom stereocenters. The van der Waals surface area contributed by atoms with Gasteiger partial charge in [0, 0.05) is 38.5 Å². The first kappa shape index (κ1) is 19.3.